The summed E-state index contributed by atoms with van der Waals surface area (Å²) in [4.78, 5) is 9.38. The van der Waals surface area contributed by atoms with Gasteiger partial charge in [-0.15, -0.1) is 0 Å². The SMILES string of the molecule is COc1ccc(CNc2cc(NC3CC3)nc(-c3ccccc3)n2)cc1. The first-order valence-corrected chi connectivity index (χ1v) is 8.88. The average Bonchev–Trinajstić information content (AvgIpc) is 3.51. The lowest BCUT2D eigenvalue weighted by Gasteiger charge is -2.11. The molecule has 0 amide bonds. The van der Waals surface area contributed by atoms with Gasteiger partial charge in [0.2, 0.25) is 0 Å². The minimum Gasteiger partial charge on any atom is -0.497 e. The van der Waals surface area contributed by atoms with E-state index in [9.17, 15) is 0 Å². The predicted molar refractivity (Wildman–Crippen MR) is 104 cm³/mol. The number of hydrogen-bond acceptors (Lipinski definition) is 5. The fraction of sp³-hybridized carbons (Fsp3) is 0.238. The maximum Gasteiger partial charge on any atom is 0.163 e. The lowest BCUT2D eigenvalue weighted by molar-refractivity contribution is 0.414. The second kappa shape index (κ2) is 7.44. The third-order valence-corrected chi connectivity index (χ3v) is 4.32. The van der Waals surface area contributed by atoms with Crippen molar-refractivity contribution < 1.29 is 4.74 Å². The van der Waals surface area contributed by atoms with Crippen molar-refractivity contribution in [1.29, 1.82) is 0 Å². The van der Waals surface area contributed by atoms with Gasteiger partial charge in [0.25, 0.3) is 0 Å². The Kier molecular flexibility index (Phi) is 4.69. The highest BCUT2D eigenvalue weighted by molar-refractivity contribution is 5.61. The zero-order chi connectivity index (χ0) is 17.8. The van der Waals surface area contributed by atoms with E-state index in [1.54, 1.807) is 7.11 Å². The Morgan fingerprint density at radius 3 is 2.38 bits per heavy atom. The van der Waals surface area contributed by atoms with Gasteiger partial charge < -0.3 is 15.4 Å². The van der Waals surface area contributed by atoms with Gasteiger partial charge in [-0.3, -0.25) is 0 Å². The Hall–Kier alpha value is -3.08. The molecule has 4 rings (SSSR count). The number of benzene rings is 2. The quantitative estimate of drug-likeness (QED) is 0.666. The molecule has 1 aliphatic rings. The average molecular weight is 346 g/mol. The number of aromatic nitrogens is 2. The molecule has 1 saturated carbocycles. The van der Waals surface area contributed by atoms with Gasteiger partial charge in [0.1, 0.15) is 17.4 Å². The highest BCUT2D eigenvalue weighted by Gasteiger charge is 2.22. The molecule has 1 heterocycles. The van der Waals surface area contributed by atoms with E-state index in [2.05, 4.69) is 27.8 Å². The topological polar surface area (TPSA) is 59.1 Å². The van der Waals surface area contributed by atoms with Crippen molar-refractivity contribution in [1.82, 2.24) is 9.97 Å². The van der Waals surface area contributed by atoms with Crippen LogP contribution < -0.4 is 15.4 Å². The maximum atomic E-state index is 5.21. The molecule has 0 aliphatic heterocycles. The first-order chi connectivity index (χ1) is 12.8. The van der Waals surface area contributed by atoms with Crippen LogP contribution in [-0.4, -0.2) is 23.1 Å². The third-order valence-electron chi connectivity index (χ3n) is 4.32. The minimum atomic E-state index is 0.544. The van der Waals surface area contributed by atoms with Crippen LogP contribution in [0.4, 0.5) is 11.6 Å². The molecule has 0 atom stereocenters. The molecule has 26 heavy (non-hydrogen) atoms. The Morgan fingerprint density at radius 2 is 1.69 bits per heavy atom. The highest BCUT2D eigenvalue weighted by atomic mass is 16.5. The van der Waals surface area contributed by atoms with E-state index in [0.717, 1.165) is 28.8 Å². The second-order valence-electron chi connectivity index (χ2n) is 6.45. The zero-order valence-corrected chi connectivity index (χ0v) is 14.8. The van der Waals surface area contributed by atoms with Gasteiger partial charge in [0.15, 0.2) is 5.82 Å². The molecular formula is C21H22N4O. The summed E-state index contributed by atoms with van der Waals surface area (Å²) >= 11 is 0. The Morgan fingerprint density at radius 1 is 0.962 bits per heavy atom. The lowest BCUT2D eigenvalue weighted by Crippen LogP contribution is -2.08. The molecule has 5 heteroatoms. The number of rotatable bonds is 7. The van der Waals surface area contributed by atoms with Crippen molar-refractivity contribution in [3.63, 3.8) is 0 Å². The van der Waals surface area contributed by atoms with Gasteiger partial charge in [-0.2, -0.15) is 0 Å². The van der Waals surface area contributed by atoms with Crippen LogP contribution in [0.25, 0.3) is 11.4 Å². The monoisotopic (exact) mass is 346 g/mol. The number of methoxy groups -OCH3 is 1. The number of hydrogen-bond donors (Lipinski definition) is 2. The highest BCUT2D eigenvalue weighted by Crippen LogP contribution is 2.26. The fourth-order valence-electron chi connectivity index (χ4n) is 2.70. The number of ether oxygens (including phenoxy) is 1. The Balaban J connectivity index is 1.55. The first-order valence-electron chi connectivity index (χ1n) is 8.88. The van der Waals surface area contributed by atoms with Gasteiger partial charge >= 0.3 is 0 Å². The molecule has 1 aromatic heterocycles. The lowest BCUT2D eigenvalue weighted by atomic mass is 10.2. The van der Waals surface area contributed by atoms with Gasteiger partial charge in [0.05, 0.1) is 7.11 Å². The largest absolute Gasteiger partial charge is 0.497 e. The molecule has 1 aliphatic carbocycles. The van der Waals surface area contributed by atoms with Crippen LogP contribution in [0, 0.1) is 0 Å². The van der Waals surface area contributed by atoms with Gasteiger partial charge in [0, 0.05) is 24.2 Å². The van der Waals surface area contributed by atoms with Gasteiger partial charge in [-0.05, 0) is 30.5 Å². The molecule has 0 unspecified atom stereocenters. The summed E-state index contributed by atoms with van der Waals surface area (Å²) in [7, 11) is 1.67. The van der Waals surface area contributed by atoms with E-state index < -0.39 is 0 Å². The standard InChI is InChI=1S/C21H22N4O/c1-26-18-11-7-15(8-12-18)14-22-19-13-20(23-17-9-10-17)25-21(24-19)16-5-3-2-4-6-16/h2-8,11-13,17H,9-10,14H2,1H3,(H2,22,23,24,25). The Bertz CT molecular complexity index is 861. The minimum absolute atomic E-state index is 0.544. The summed E-state index contributed by atoms with van der Waals surface area (Å²) in [6.45, 7) is 0.693. The van der Waals surface area contributed by atoms with Crippen molar-refractivity contribution in [3.05, 3.63) is 66.2 Å². The summed E-state index contributed by atoms with van der Waals surface area (Å²) in [5.74, 6) is 3.28. The van der Waals surface area contributed by atoms with Gasteiger partial charge in [-0.1, -0.05) is 42.5 Å². The second-order valence-corrected chi connectivity index (χ2v) is 6.45. The van der Waals surface area contributed by atoms with E-state index >= 15 is 0 Å². The van der Waals surface area contributed by atoms with Crippen molar-refractivity contribution in [2.45, 2.75) is 25.4 Å². The predicted octanol–water partition coefficient (Wildman–Crippen LogP) is 4.34. The number of nitrogens with one attached hydrogen (secondary N) is 2. The van der Waals surface area contributed by atoms with Crippen molar-refractivity contribution in [2.24, 2.45) is 0 Å². The number of nitrogens with zero attached hydrogens (tertiary/aromatic N) is 2. The Labute approximate surface area is 153 Å². The molecule has 0 bridgehead atoms. The van der Waals surface area contributed by atoms with E-state index in [1.165, 1.54) is 18.4 Å². The van der Waals surface area contributed by atoms with E-state index in [4.69, 9.17) is 9.72 Å². The molecular weight excluding hydrogens is 324 g/mol. The molecule has 2 aromatic carbocycles. The van der Waals surface area contributed by atoms with Crippen LogP contribution in [0.3, 0.4) is 0 Å². The molecule has 0 spiro atoms. The van der Waals surface area contributed by atoms with Crippen molar-refractivity contribution in [3.8, 4) is 17.1 Å². The smallest absolute Gasteiger partial charge is 0.163 e. The van der Waals surface area contributed by atoms with E-state index in [1.807, 2.05) is 48.5 Å². The maximum absolute atomic E-state index is 5.21. The summed E-state index contributed by atoms with van der Waals surface area (Å²) < 4.78 is 5.21. The van der Waals surface area contributed by atoms with Crippen LogP contribution in [0.1, 0.15) is 18.4 Å². The molecule has 132 valence electrons. The summed E-state index contributed by atoms with van der Waals surface area (Å²) in [5, 5.41) is 6.88. The molecule has 1 fully saturated rings. The summed E-state index contributed by atoms with van der Waals surface area (Å²) in [6.07, 6.45) is 2.42. The summed E-state index contributed by atoms with van der Waals surface area (Å²) in [6, 6.07) is 20.6. The van der Waals surface area contributed by atoms with Gasteiger partial charge in [-0.25, -0.2) is 9.97 Å². The van der Waals surface area contributed by atoms with E-state index in [0.29, 0.717) is 12.6 Å². The molecule has 0 radical (unpaired) electrons. The van der Waals surface area contributed by atoms with Crippen LogP contribution in [0.15, 0.2) is 60.7 Å². The first kappa shape index (κ1) is 16.4. The van der Waals surface area contributed by atoms with Crippen LogP contribution in [-0.2, 0) is 6.54 Å². The molecule has 0 saturated heterocycles. The van der Waals surface area contributed by atoms with Crippen molar-refractivity contribution >= 4 is 11.6 Å². The zero-order valence-electron chi connectivity index (χ0n) is 14.8. The number of anilines is 2. The molecule has 2 N–H and O–H groups in total. The van der Waals surface area contributed by atoms with E-state index in [-0.39, 0.29) is 0 Å². The van der Waals surface area contributed by atoms with Crippen LogP contribution >= 0.6 is 0 Å². The normalized spacial score (nSPS) is 13.3. The van der Waals surface area contributed by atoms with Crippen LogP contribution in [0.2, 0.25) is 0 Å². The molecule has 5 nitrogen and oxygen atoms in total. The van der Waals surface area contributed by atoms with Crippen LogP contribution in [0.5, 0.6) is 5.75 Å². The molecule has 3 aromatic rings. The fourth-order valence-corrected chi connectivity index (χ4v) is 2.70. The summed E-state index contributed by atoms with van der Waals surface area (Å²) in [5.41, 5.74) is 2.18. The van der Waals surface area contributed by atoms with Crippen molar-refractivity contribution in [2.75, 3.05) is 17.7 Å². The third kappa shape index (κ3) is 4.11.